The highest BCUT2D eigenvalue weighted by Crippen LogP contribution is 2.26. The minimum atomic E-state index is -0.511. The zero-order chi connectivity index (χ0) is 13.5. The van der Waals surface area contributed by atoms with E-state index in [9.17, 15) is 5.11 Å². The van der Waals surface area contributed by atoms with Gasteiger partial charge in [0.2, 0.25) is 0 Å². The maximum Gasteiger partial charge on any atom is 0.107 e. The molecule has 0 amide bonds. The molecule has 1 atom stereocenters. The van der Waals surface area contributed by atoms with Gasteiger partial charge in [-0.3, -0.25) is 0 Å². The number of hydrogen-bond donors (Lipinski definition) is 2. The lowest BCUT2D eigenvalue weighted by molar-refractivity contribution is 0.0455. The third-order valence-corrected chi connectivity index (χ3v) is 2.28. The van der Waals surface area contributed by atoms with E-state index in [2.05, 4.69) is 45.9 Å². The van der Waals surface area contributed by atoms with Gasteiger partial charge in [-0.2, -0.15) is 0 Å². The van der Waals surface area contributed by atoms with Gasteiger partial charge >= 0.3 is 0 Å². The lowest BCUT2D eigenvalue weighted by Gasteiger charge is -2.34. The van der Waals surface area contributed by atoms with Crippen LogP contribution in [0.3, 0.4) is 0 Å². The maximum absolute atomic E-state index is 9.68. The molecular weight excluding hydrogens is 214 g/mol. The summed E-state index contributed by atoms with van der Waals surface area (Å²) in [6.07, 6.45) is 5.58. The minimum Gasteiger partial charge on any atom is -0.389 e. The number of aliphatic hydroxyl groups is 1. The highest BCUT2D eigenvalue weighted by Gasteiger charge is 2.25. The lowest BCUT2D eigenvalue weighted by Crippen LogP contribution is -2.46. The fourth-order valence-corrected chi connectivity index (χ4v) is 2.10. The summed E-state index contributed by atoms with van der Waals surface area (Å²) < 4.78 is 5.08. The van der Waals surface area contributed by atoms with Gasteiger partial charge in [0.25, 0.3) is 0 Å². The summed E-state index contributed by atoms with van der Waals surface area (Å²) in [4.78, 5) is 0. The van der Waals surface area contributed by atoms with Gasteiger partial charge in [-0.05, 0) is 25.7 Å². The Morgan fingerprint density at radius 3 is 2.35 bits per heavy atom. The highest BCUT2D eigenvalue weighted by atomic mass is 16.5. The molecule has 0 saturated heterocycles. The van der Waals surface area contributed by atoms with Gasteiger partial charge in [0, 0.05) is 12.1 Å². The molecule has 0 spiro atoms. The van der Waals surface area contributed by atoms with Crippen molar-refractivity contribution in [1.82, 2.24) is 5.32 Å². The number of β-amino-alcohol motifs (C(OH)–C–C–N with tert-alkyl or cyclic N) is 1. The molecule has 0 fully saturated rings. The first-order chi connectivity index (χ1) is 7.66. The number of rotatable bonds is 7. The summed E-state index contributed by atoms with van der Waals surface area (Å²) in [5.74, 6) is 2.37. The number of hydrogen-bond acceptors (Lipinski definition) is 3. The van der Waals surface area contributed by atoms with E-state index in [0.717, 1.165) is 6.42 Å². The molecule has 0 aromatic heterocycles. The first kappa shape index (κ1) is 16.4. The molecule has 0 aromatic carbocycles. The van der Waals surface area contributed by atoms with Crippen molar-refractivity contribution in [3.05, 3.63) is 0 Å². The molecule has 0 saturated carbocycles. The average molecular weight is 241 g/mol. The third kappa shape index (κ3) is 10.3. The lowest BCUT2D eigenvalue weighted by atomic mass is 9.82. The maximum atomic E-state index is 9.68. The summed E-state index contributed by atoms with van der Waals surface area (Å²) in [5.41, 5.74) is 0.271. The molecule has 100 valence electrons. The van der Waals surface area contributed by atoms with Gasteiger partial charge in [-0.25, -0.2) is 0 Å². The van der Waals surface area contributed by atoms with Crippen LogP contribution in [0.15, 0.2) is 0 Å². The van der Waals surface area contributed by atoms with Crippen molar-refractivity contribution < 1.29 is 9.84 Å². The summed E-state index contributed by atoms with van der Waals surface area (Å²) >= 11 is 0. The smallest absolute Gasteiger partial charge is 0.107 e. The average Bonchev–Trinajstić information content (AvgIpc) is 2.12. The first-order valence-corrected chi connectivity index (χ1v) is 6.10. The SMILES string of the molecule is C#CCOCC(O)CNC(C)(C)CC(C)(C)C. The predicted molar refractivity (Wildman–Crippen MR) is 71.8 cm³/mol. The Hall–Kier alpha value is -0.560. The van der Waals surface area contributed by atoms with Crippen molar-refractivity contribution in [3.8, 4) is 12.3 Å². The van der Waals surface area contributed by atoms with Crippen LogP contribution in [0, 0.1) is 17.8 Å². The van der Waals surface area contributed by atoms with E-state index in [4.69, 9.17) is 11.2 Å². The van der Waals surface area contributed by atoms with Crippen LogP contribution in [0.1, 0.15) is 41.0 Å². The molecule has 0 aliphatic heterocycles. The van der Waals surface area contributed by atoms with Crippen molar-refractivity contribution in [2.24, 2.45) is 5.41 Å². The van der Waals surface area contributed by atoms with Crippen LogP contribution in [0.4, 0.5) is 0 Å². The van der Waals surface area contributed by atoms with Crippen LogP contribution in [0.5, 0.6) is 0 Å². The Bertz CT molecular complexity index is 248. The summed E-state index contributed by atoms with van der Waals surface area (Å²) in [6, 6.07) is 0. The van der Waals surface area contributed by atoms with Crippen molar-refractivity contribution in [2.45, 2.75) is 52.7 Å². The van der Waals surface area contributed by atoms with Crippen LogP contribution in [0.2, 0.25) is 0 Å². The van der Waals surface area contributed by atoms with Crippen molar-refractivity contribution in [1.29, 1.82) is 0 Å². The Kier molecular flexibility index (Phi) is 6.77. The Morgan fingerprint density at radius 2 is 1.88 bits per heavy atom. The number of terminal acetylenes is 1. The van der Waals surface area contributed by atoms with E-state index >= 15 is 0 Å². The van der Waals surface area contributed by atoms with E-state index in [1.165, 1.54) is 0 Å². The molecule has 0 aliphatic carbocycles. The second-order valence-electron chi connectivity index (χ2n) is 6.38. The fourth-order valence-electron chi connectivity index (χ4n) is 2.10. The summed E-state index contributed by atoms with van der Waals surface area (Å²) in [6.45, 7) is 12.0. The molecule has 0 aromatic rings. The van der Waals surface area contributed by atoms with Crippen LogP contribution >= 0.6 is 0 Å². The van der Waals surface area contributed by atoms with E-state index in [1.54, 1.807) is 0 Å². The van der Waals surface area contributed by atoms with Gasteiger partial charge in [0.15, 0.2) is 0 Å². The van der Waals surface area contributed by atoms with Crippen LogP contribution in [-0.2, 0) is 4.74 Å². The summed E-state index contributed by atoms with van der Waals surface area (Å²) in [5, 5.41) is 13.0. The van der Waals surface area contributed by atoms with Gasteiger partial charge < -0.3 is 15.2 Å². The number of aliphatic hydroxyl groups excluding tert-OH is 1. The van der Waals surface area contributed by atoms with Gasteiger partial charge in [-0.15, -0.1) is 6.42 Å². The van der Waals surface area contributed by atoms with Crippen LogP contribution in [0.25, 0.3) is 0 Å². The second kappa shape index (κ2) is 7.00. The second-order valence-corrected chi connectivity index (χ2v) is 6.38. The molecule has 1 unspecified atom stereocenters. The van der Waals surface area contributed by atoms with Gasteiger partial charge in [-0.1, -0.05) is 26.7 Å². The topological polar surface area (TPSA) is 41.5 Å². The molecule has 3 heteroatoms. The van der Waals surface area contributed by atoms with E-state index in [0.29, 0.717) is 6.54 Å². The molecule has 17 heavy (non-hydrogen) atoms. The molecule has 0 radical (unpaired) electrons. The summed E-state index contributed by atoms with van der Waals surface area (Å²) in [7, 11) is 0. The molecular formula is C14H27NO2. The van der Waals surface area contributed by atoms with E-state index in [-0.39, 0.29) is 24.2 Å². The first-order valence-electron chi connectivity index (χ1n) is 6.10. The number of ether oxygens (including phenoxy) is 1. The Labute approximate surface area is 106 Å². The fraction of sp³-hybridized carbons (Fsp3) is 0.857. The normalized spacial score (nSPS) is 14.4. The third-order valence-electron chi connectivity index (χ3n) is 2.28. The highest BCUT2D eigenvalue weighted by molar-refractivity contribution is 4.85. The largest absolute Gasteiger partial charge is 0.389 e. The molecule has 2 N–H and O–H groups in total. The molecule has 0 heterocycles. The van der Waals surface area contributed by atoms with Gasteiger partial charge in [0.1, 0.15) is 6.61 Å². The van der Waals surface area contributed by atoms with Gasteiger partial charge in [0.05, 0.1) is 12.7 Å². The zero-order valence-corrected chi connectivity index (χ0v) is 11.8. The minimum absolute atomic E-state index is 0.00530. The Balaban J connectivity index is 3.89. The van der Waals surface area contributed by atoms with Crippen molar-refractivity contribution in [2.75, 3.05) is 19.8 Å². The van der Waals surface area contributed by atoms with Crippen LogP contribution in [-0.4, -0.2) is 36.5 Å². The Morgan fingerprint density at radius 1 is 1.29 bits per heavy atom. The van der Waals surface area contributed by atoms with Crippen LogP contribution < -0.4 is 5.32 Å². The zero-order valence-electron chi connectivity index (χ0n) is 11.8. The molecule has 0 bridgehead atoms. The standard InChI is InChI=1S/C14H27NO2/c1-7-8-17-10-12(16)9-15-14(5,6)11-13(2,3)4/h1,12,15-16H,8-11H2,2-6H3. The van der Waals surface area contributed by atoms with Crippen molar-refractivity contribution in [3.63, 3.8) is 0 Å². The number of nitrogens with one attached hydrogen (secondary N) is 1. The molecule has 3 nitrogen and oxygen atoms in total. The van der Waals surface area contributed by atoms with Crippen molar-refractivity contribution >= 4 is 0 Å². The molecule has 0 aliphatic rings. The molecule has 0 rings (SSSR count). The quantitative estimate of drug-likeness (QED) is 0.527. The van der Waals surface area contributed by atoms with E-state index < -0.39 is 6.10 Å². The monoisotopic (exact) mass is 241 g/mol. The predicted octanol–water partition coefficient (Wildman–Crippen LogP) is 1.80. The van der Waals surface area contributed by atoms with E-state index in [1.807, 2.05) is 0 Å².